The maximum atomic E-state index is 14.6. The normalized spacial score (nSPS) is 14.0. The van der Waals surface area contributed by atoms with Crippen LogP contribution in [0.4, 0.5) is 9.59 Å². The monoisotopic (exact) mass is 1410 g/mol. The molecule has 0 radical (unpaired) electrons. The van der Waals surface area contributed by atoms with E-state index >= 15 is 0 Å². The van der Waals surface area contributed by atoms with Gasteiger partial charge < -0.3 is 91.6 Å². The number of H-pyrrole nitrogens is 1. The number of carbonyl (C=O) groups is 12. The number of hydrogen-bond acceptors (Lipinski definition) is 16. The Balaban J connectivity index is 1.53. The van der Waals surface area contributed by atoms with Crippen LogP contribution in [0.1, 0.15) is 143 Å². The van der Waals surface area contributed by atoms with E-state index in [0.29, 0.717) is 5.69 Å². The number of rotatable bonds is 41. The van der Waals surface area contributed by atoms with Crippen molar-refractivity contribution in [3.05, 3.63) is 77.9 Å². The van der Waals surface area contributed by atoms with Gasteiger partial charge in [0.1, 0.15) is 54.9 Å². The van der Waals surface area contributed by atoms with E-state index in [0.717, 1.165) is 22.3 Å². The number of nitrogens with zero attached hydrogens (tertiary/aromatic N) is 3. The van der Waals surface area contributed by atoms with Crippen LogP contribution in [-0.2, 0) is 59.1 Å². The minimum atomic E-state index is -1.39. The molecule has 2 aromatic carbocycles. The number of amides is 13. The molecule has 0 saturated carbocycles. The quantitative estimate of drug-likeness (QED) is 0.0142. The zero-order valence-corrected chi connectivity index (χ0v) is 59.3. The molecule has 101 heavy (non-hydrogen) atoms. The molecule has 23 N–H and O–H groups in total. The number of urea groups is 1. The van der Waals surface area contributed by atoms with Gasteiger partial charge in [-0.3, -0.25) is 63.4 Å². The Morgan fingerprint density at radius 2 is 0.881 bits per heavy atom. The summed E-state index contributed by atoms with van der Waals surface area (Å²) in [4.78, 5) is 179. The summed E-state index contributed by atoms with van der Waals surface area (Å²) >= 11 is 0. The highest BCUT2D eigenvalue weighted by molar-refractivity contribution is 5.99. The van der Waals surface area contributed by atoms with Crippen molar-refractivity contribution in [2.24, 2.45) is 68.2 Å². The number of imidazole rings is 1. The van der Waals surface area contributed by atoms with E-state index in [-0.39, 0.29) is 119 Å². The van der Waals surface area contributed by atoms with E-state index in [4.69, 9.17) is 33.4 Å². The van der Waals surface area contributed by atoms with Crippen LogP contribution in [-0.4, -0.2) is 174 Å². The van der Waals surface area contributed by atoms with Gasteiger partial charge in [-0.1, -0.05) is 118 Å². The number of hydrogen-bond donors (Lipinski definition) is 18. The third-order valence-electron chi connectivity index (χ3n) is 15.9. The molecule has 0 saturated heterocycles. The Hall–Kier alpha value is -10.6. The van der Waals surface area contributed by atoms with Gasteiger partial charge in [-0.25, -0.2) is 20.0 Å². The number of alkyl carbamates (subject to hydrolysis) is 1. The first kappa shape index (κ1) is 82.9. The molecule has 0 unspecified atom stereocenters. The summed E-state index contributed by atoms with van der Waals surface area (Å²) in [5.74, 6) is -10.1. The van der Waals surface area contributed by atoms with E-state index < -0.39 is 139 Å². The third-order valence-corrected chi connectivity index (χ3v) is 15.9. The van der Waals surface area contributed by atoms with Crippen molar-refractivity contribution < 1.29 is 62.3 Å². The summed E-state index contributed by atoms with van der Waals surface area (Å²) < 4.78 is 5.81. The van der Waals surface area contributed by atoms with Gasteiger partial charge in [0.25, 0.3) is 5.91 Å². The maximum absolute atomic E-state index is 14.6. The second kappa shape index (κ2) is 41.7. The number of guanidine groups is 2. The van der Waals surface area contributed by atoms with Crippen LogP contribution in [0.5, 0.6) is 0 Å². The summed E-state index contributed by atoms with van der Waals surface area (Å²) in [6.07, 6.45) is 2.35. The molecule has 34 nitrogen and oxygen atoms in total. The molecule has 34 heteroatoms. The molecule has 1 aliphatic carbocycles. The highest BCUT2D eigenvalue weighted by Crippen LogP contribution is 2.44. The smallest absolute Gasteiger partial charge is 0.407 e. The number of aliphatic imine (C=N–C) groups is 2. The van der Waals surface area contributed by atoms with Gasteiger partial charge in [-0.15, -0.1) is 0 Å². The maximum Gasteiger partial charge on any atom is 0.407 e. The van der Waals surface area contributed by atoms with Crippen LogP contribution in [0.25, 0.3) is 11.1 Å². The van der Waals surface area contributed by atoms with Crippen molar-refractivity contribution in [1.29, 1.82) is 0 Å². The lowest BCUT2D eigenvalue weighted by atomic mass is 9.97. The van der Waals surface area contributed by atoms with E-state index in [9.17, 15) is 57.5 Å². The first-order valence-corrected chi connectivity index (χ1v) is 33.9. The molecular formula is C67H105N21O13. The molecule has 8 atom stereocenters. The lowest BCUT2D eigenvalue weighted by Crippen LogP contribution is -2.61. The number of carbonyl (C=O) groups excluding carboxylic acids is 12. The summed E-state index contributed by atoms with van der Waals surface area (Å²) in [5, 5.41) is 26.6. The van der Waals surface area contributed by atoms with Gasteiger partial charge >= 0.3 is 12.1 Å². The minimum Gasteiger partial charge on any atom is -0.449 e. The molecule has 0 bridgehead atoms. The summed E-state index contributed by atoms with van der Waals surface area (Å²) in [7, 11) is 0. The van der Waals surface area contributed by atoms with E-state index in [1.54, 1.807) is 41.5 Å². The molecule has 1 aliphatic rings. The molecule has 1 heterocycles. The largest absolute Gasteiger partial charge is 0.449 e. The van der Waals surface area contributed by atoms with Crippen LogP contribution in [0, 0.1) is 29.6 Å². The van der Waals surface area contributed by atoms with Crippen LogP contribution in [0.2, 0.25) is 0 Å². The molecule has 4 rings (SSSR count). The second-order valence-corrected chi connectivity index (χ2v) is 26.8. The average Bonchev–Trinajstić information content (AvgIpc) is 1.62. The Bertz CT molecular complexity index is 3310. The van der Waals surface area contributed by atoms with E-state index in [1.807, 2.05) is 87.1 Å². The summed E-state index contributed by atoms with van der Waals surface area (Å²) in [6.45, 7) is 16.7. The fourth-order valence-electron chi connectivity index (χ4n) is 11.1. The fourth-order valence-corrected chi connectivity index (χ4v) is 11.1. The Kier molecular flexibility index (Phi) is 34.2. The second-order valence-electron chi connectivity index (χ2n) is 26.8. The number of benzene rings is 2. The fraction of sp³-hybridized carbons (Fsp3) is 0.567. The van der Waals surface area contributed by atoms with Crippen molar-refractivity contribution in [1.82, 2.24) is 74.0 Å². The van der Waals surface area contributed by atoms with Crippen molar-refractivity contribution >= 4 is 83.1 Å². The number of primary amides is 1. The Morgan fingerprint density at radius 3 is 1.33 bits per heavy atom. The highest BCUT2D eigenvalue weighted by Gasteiger charge is 2.38. The molecular weight excluding hydrogens is 1310 g/mol. The SMILES string of the molecule is CC(C)C[C@H](NC(=O)OCC1c2ccccc2-c2ccccc21)C(=O)N[C@@H](Cc1cnc[nH]1)C(=O)N[C@@H](CC(C)C)C(=O)N[C@H](C(=O)N[C@@H](CC(C)C)C(=O)N[C@@H](CCCN=C(N)N)C(=O)N[C@@H](CC(C)C)C(=O)N[C@@H](CCCN=C(N)N)C(=O)NCC(=O)NCC(=O)NNC(N)=O)C(C)C. The van der Waals surface area contributed by atoms with Crippen molar-refractivity contribution in [3.63, 3.8) is 0 Å². The van der Waals surface area contributed by atoms with Crippen LogP contribution >= 0.6 is 0 Å². The zero-order chi connectivity index (χ0) is 75.0. The molecule has 13 amide bonds. The number of fused-ring (bicyclic) bond motifs is 3. The molecule has 0 aliphatic heterocycles. The van der Waals surface area contributed by atoms with Gasteiger partial charge in [0.15, 0.2) is 11.9 Å². The van der Waals surface area contributed by atoms with Gasteiger partial charge in [-0.2, -0.15) is 0 Å². The molecule has 1 aromatic heterocycles. The summed E-state index contributed by atoms with van der Waals surface area (Å²) in [5.41, 5.74) is 35.5. The van der Waals surface area contributed by atoms with Gasteiger partial charge in [0, 0.05) is 37.3 Å². The number of nitrogens with two attached hydrogens (primary N) is 5. The lowest BCUT2D eigenvalue weighted by Gasteiger charge is -2.30. The number of aromatic nitrogens is 2. The van der Waals surface area contributed by atoms with E-state index in [1.165, 1.54) is 12.5 Å². The number of hydrazine groups is 1. The van der Waals surface area contributed by atoms with Crippen LogP contribution in [0.15, 0.2) is 71.0 Å². The highest BCUT2D eigenvalue weighted by atomic mass is 16.5. The van der Waals surface area contributed by atoms with Crippen molar-refractivity contribution in [2.75, 3.05) is 32.8 Å². The average molecular weight is 1410 g/mol. The minimum absolute atomic E-state index is 0.00704. The lowest BCUT2D eigenvalue weighted by molar-refractivity contribution is -0.136. The number of ether oxygens (including phenoxy) is 1. The molecule has 0 spiro atoms. The van der Waals surface area contributed by atoms with Crippen LogP contribution < -0.4 is 92.7 Å². The van der Waals surface area contributed by atoms with Crippen molar-refractivity contribution in [2.45, 2.75) is 181 Å². The Labute approximate surface area is 588 Å². The zero-order valence-electron chi connectivity index (χ0n) is 59.3. The standard InChI is InChI=1S/C67H105N21O13/c1-35(2)25-48(58(93)79-46(21-15-23-74-64(68)69)56(91)77-31-53(89)76-32-54(90)87-88-66(72)99)81-57(92)47(22-16-24-75-65(70)71)80-59(94)49(26-36(3)4)84-63(98)55(39(9)10)86-62(97)50(27-37(5)6)82-61(96)52(29-40-30-73-34-78-40)83-60(95)51(28-38(7)8)85-67(100)101-33-45-43-19-13-11-17-41(43)42-18-12-14-20-44(42)45/h11-14,17-20,30,34-39,45-52,55H,15-16,21-29,31-33H2,1-10H3,(H,73,78)(H,76,89)(H,77,91)(H,79,93)(H,80,94)(H,81,92)(H,82,96)(H,83,95)(H,84,98)(H,85,100)(H,86,97)(H,87,90)(H4,68,69,74)(H4,70,71,75)(H3,72,88,99)/t46-,47-,48-,49-,50-,51-,52-,55-/m0/s1. The van der Waals surface area contributed by atoms with Crippen LogP contribution in [0.3, 0.4) is 0 Å². The molecule has 556 valence electrons. The molecule has 3 aromatic rings. The van der Waals surface area contributed by atoms with E-state index in [2.05, 4.69) is 73.1 Å². The predicted molar refractivity (Wildman–Crippen MR) is 377 cm³/mol. The van der Waals surface area contributed by atoms with Gasteiger partial charge in [0.05, 0.1) is 19.4 Å². The first-order chi connectivity index (χ1) is 47.7. The first-order valence-electron chi connectivity index (χ1n) is 33.9. The third kappa shape index (κ3) is 29.4. The predicted octanol–water partition coefficient (Wildman–Crippen LogP) is -0.867. The number of nitrogens with one attached hydrogen (secondary N) is 13. The van der Waals surface area contributed by atoms with Crippen molar-refractivity contribution in [3.8, 4) is 11.1 Å². The Morgan fingerprint density at radius 1 is 0.475 bits per heavy atom. The van der Waals surface area contributed by atoms with Gasteiger partial charge in [-0.05, 0) is 103 Å². The topological polar surface area (TPSA) is 542 Å². The van der Waals surface area contributed by atoms with Gasteiger partial charge in [0.2, 0.25) is 53.2 Å². The number of aromatic amines is 1. The molecule has 0 fully saturated rings. The summed E-state index contributed by atoms with van der Waals surface area (Å²) in [6, 6.07) is 4.25.